The molecule has 3 fully saturated rings. The minimum Gasteiger partial charge on any atom is -0.363 e. The van der Waals surface area contributed by atoms with E-state index >= 15 is 0 Å². The number of carbonyl (C=O) groups excluding carboxylic acids is 6. The van der Waals surface area contributed by atoms with Crippen molar-refractivity contribution in [3.05, 3.63) is 0 Å². The summed E-state index contributed by atoms with van der Waals surface area (Å²) in [4.78, 5) is 80.5. The number of nitrogens with two attached hydrogens (primary N) is 1. The third-order valence-electron chi connectivity index (χ3n) is 9.11. The molecule has 0 aromatic rings. The van der Waals surface area contributed by atoms with E-state index in [1.165, 1.54) is 4.90 Å². The van der Waals surface area contributed by atoms with Crippen LogP contribution in [0.3, 0.4) is 0 Å². The van der Waals surface area contributed by atoms with Crippen molar-refractivity contribution >= 4 is 35.6 Å². The van der Waals surface area contributed by atoms with E-state index in [1.54, 1.807) is 4.90 Å². The van der Waals surface area contributed by atoms with Crippen molar-refractivity contribution in [2.24, 2.45) is 22.5 Å². The number of hydrogen-bond donors (Lipinski definition) is 5. The van der Waals surface area contributed by atoms with Crippen LogP contribution in [0, 0.1) is 16.7 Å². The normalized spacial score (nSPS) is 21.4. The third-order valence-corrected chi connectivity index (χ3v) is 9.11. The van der Waals surface area contributed by atoms with Gasteiger partial charge >= 0.3 is 12.1 Å². The number of ketones is 1. The number of Topliss-reactive ketones (excluding diaryl/α,β-unsaturated/α-hetero) is 1. The lowest BCUT2D eigenvalue weighted by Crippen LogP contribution is -2.62. The first kappa shape index (κ1) is 35.1. The lowest BCUT2D eigenvalue weighted by atomic mass is 9.81. The summed E-state index contributed by atoms with van der Waals surface area (Å²) in [7, 11) is 0. The van der Waals surface area contributed by atoms with Gasteiger partial charge in [-0.1, -0.05) is 60.8 Å². The van der Waals surface area contributed by atoms with Crippen molar-refractivity contribution in [1.82, 2.24) is 31.1 Å². The van der Waals surface area contributed by atoms with Crippen LogP contribution in [0.2, 0.25) is 0 Å². The molecular formula is C31H53N7O6. The molecule has 2 saturated heterocycles. The number of amides is 7. The summed E-state index contributed by atoms with van der Waals surface area (Å²) < 4.78 is 0. The first-order valence-electron chi connectivity index (χ1n) is 16.0. The van der Waals surface area contributed by atoms with Crippen LogP contribution in [0.25, 0.3) is 0 Å². The second-order valence-electron chi connectivity index (χ2n) is 14.7. The van der Waals surface area contributed by atoms with Crippen LogP contribution >= 0.6 is 0 Å². The van der Waals surface area contributed by atoms with Gasteiger partial charge in [-0.05, 0) is 48.9 Å². The highest BCUT2D eigenvalue weighted by molar-refractivity contribution is 6.37. The second kappa shape index (κ2) is 14.6. The Morgan fingerprint density at radius 3 is 2.14 bits per heavy atom. The van der Waals surface area contributed by atoms with Gasteiger partial charge < -0.3 is 36.8 Å². The lowest BCUT2D eigenvalue weighted by molar-refractivity contribution is -0.143. The summed E-state index contributed by atoms with van der Waals surface area (Å²) in [6, 6.07) is -3.94. The molecule has 1 unspecified atom stereocenters. The predicted octanol–water partition coefficient (Wildman–Crippen LogP) is 1.64. The van der Waals surface area contributed by atoms with E-state index in [1.807, 2.05) is 41.5 Å². The topological polar surface area (TPSA) is 183 Å². The molecule has 0 spiro atoms. The Hall–Kier alpha value is -3.38. The van der Waals surface area contributed by atoms with E-state index in [0.717, 1.165) is 25.7 Å². The van der Waals surface area contributed by atoms with Gasteiger partial charge in [0.25, 0.3) is 5.91 Å². The fraction of sp³-hybridized carbons (Fsp3) is 0.806. The van der Waals surface area contributed by atoms with Crippen LogP contribution in [0.15, 0.2) is 0 Å². The molecule has 248 valence electrons. The van der Waals surface area contributed by atoms with Crippen LogP contribution < -0.4 is 27.0 Å². The minimum atomic E-state index is -1.10. The first-order chi connectivity index (χ1) is 20.5. The molecule has 2 aliphatic heterocycles. The summed E-state index contributed by atoms with van der Waals surface area (Å²) in [6.45, 7) is 13.3. The van der Waals surface area contributed by atoms with Crippen molar-refractivity contribution < 1.29 is 28.8 Å². The van der Waals surface area contributed by atoms with E-state index in [9.17, 15) is 28.8 Å². The summed E-state index contributed by atoms with van der Waals surface area (Å²) in [5.41, 5.74) is 4.19. The Bertz CT molecular complexity index is 1090. The maximum absolute atomic E-state index is 14.0. The highest BCUT2D eigenvalue weighted by Crippen LogP contribution is 2.31. The van der Waals surface area contributed by atoms with Crippen molar-refractivity contribution in [1.29, 1.82) is 0 Å². The molecule has 7 amide bonds. The van der Waals surface area contributed by atoms with Gasteiger partial charge in [0.05, 0.1) is 12.1 Å². The van der Waals surface area contributed by atoms with E-state index in [2.05, 4.69) is 21.3 Å². The number of nitrogens with zero attached hydrogens (tertiary/aromatic N) is 2. The van der Waals surface area contributed by atoms with Gasteiger partial charge in [0.15, 0.2) is 0 Å². The number of rotatable bonds is 12. The standard InChI is InChI=1S/C31H53N7O6/c1-30(2,3)22(18-37-16-9-15-33-29(37)44)35-28(43)36-24(31(4,5)6)27(42)38-17-8-12-21(38)26(41)34-20(23(39)25(32)40)14-13-19-10-7-11-19/h19-22,24H,7-18H2,1-6H3,(H2,32,40)(H,33,44)(H,34,41)(H2,35,36,43)/t20?,21-,22+,24+/m0/s1. The van der Waals surface area contributed by atoms with Crippen LogP contribution in [-0.2, 0) is 19.2 Å². The van der Waals surface area contributed by atoms with Crippen LogP contribution in [-0.4, -0.2) is 95.7 Å². The zero-order chi connectivity index (χ0) is 32.8. The molecule has 13 nitrogen and oxygen atoms in total. The van der Waals surface area contributed by atoms with E-state index in [-0.39, 0.29) is 11.4 Å². The Kier molecular flexibility index (Phi) is 11.6. The van der Waals surface area contributed by atoms with Gasteiger partial charge in [0, 0.05) is 26.2 Å². The maximum Gasteiger partial charge on any atom is 0.317 e. The number of carbonyl (C=O) groups is 6. The minimum absolute atomic E-state index is 0.170. The molecule has 3 aliphatic rings. The molecule has 0 aromatic heterocycles. The first-order valence-corrected chi connectivity index (χ1v) is 16.0. The number of hydrogen-bond acceptors (Lipinski definition) is 6. The number of urea groups is 2. The molecule has 0 aromatic carbocycles. The highest BCUT2D eigenvalue weighted by Gasteiger charge is 2.43. The molecule has 6 N–H and O–H groups in total. The molecule has 13 heteroatoms. The maximum atomic E-state index is 14.0. The van der Waals surface area contributed by atoms with Crippen LogP contribution in [0.1, 0.15) is 92.9 Å². The molecule has 0 bridgehead atoms. The van der Waals surface area contributed by atoms with Gasteiger partial charge in [0.2, 0.25) is 17.6 Å². The monoisotopic (exact) mass is 619 g/mol. The molecule has 2 heterocycles. The smallest absolute Gasteiger partial charge is 0.317 e. The summed E-state index contributed by atoms with van der Waals surface area (Å²) in [5, 5.41) is 11.4. The Labute approximate surface area is 261 Å². The van der Waals surface area contributed by atoms with Gasteiger partial charge in [-0.2, -0.15) is 0 Å². The number of primary amides is 1. The molecule has 0 radical (unpaired) electrons. The predicted molar refractivity (Wildman–Crippen MR) is 165 cm³/mol. The second-order valence-corrected chi connectivity index (χ2v) is 14.7. The van der Waals surface area contributed by atoms with Crippen molar-refractivity contribution in [2.45, 2.75) is 117 Å². The van der Waals surface area contributed by atoms with Gasteiger partial charge in [0.1, 0.15) is 12.1 Å². The summed E-state index contributed by atoms with van der Waals surface area (Å²) >= 11 is 0. The molecule has 4 atom stereocenters. The summed E-state index contributed by atoms with van der Waals surface area (Å²) in [5.74, 6) is -2.37. The quantitative estimate of drug-likeness (QED) is 0.207. The number of likely N-dealkylation sites (tertiary alicyclic amines) is 1. The van der Waals surface area contributed by atoms with Crippen molar-refractivity contribution in [3.8, 4) is 0 Å². The highest BCUT2D eigenvalue weighted by atomic mass is 16.2. The van der Waals surface area contributed by atoms with Crippen LogP contribution in [0.5, 0.6) is 0 Å². The SMILES string of the molecule is CC(C)(C)[C@H](NC(=O)N[C@H](CN1CCCNC1=O)C(C)(C)C)C(=O)N1CCC[C@H]1C(=O)NC(CCC1CCC1)C(=O)C(N)=O. The molecule has 3 rings (SSSR count). The van der Waals surface area contributed by atoms with Gasteiger partial charge in [-0.15, -0.1) is 0 Å². The van der Waals surface area contributed by atoms with E-state index in [0.29, 0.717) is 57.8 Å². The Morgan fingerprint density at radius 2 is 1.59 bits per heavy atom. The molecule has 1 saturated carbocycles. The zero-order valence-electron chi connectivity index (χ0n) is 27.3. The Morgan fingerprint density at radius 1 is 0.909 bits per heavy atom. The molecular weight excluding hydrogens is 566 g/mol. The average Bonchev–Trinajstić information content (AvgIpc) is 3.39. The van der Waals surface area contributed by atoms with Crippen molar-refractivity contribution in [3.63, 3.8) is 0 Å². The Balaban J connectivity index is 1.70. The van der Waals surface area contributed by atoms with E-state index in [4.69, 9.17) is 5.73 Å². The number of nitrogens with one attached hydrogen (secondary N) is 4. The van der Waals surface area contributed by atoms with Gasteiger partial charge in [-0.25, -0.2) is 9.59 Å². The van der Waals surface area contributed by atoms with E-state index < -0.39 is 59.1 Å². The largest absolute Gasteiger partial charge is 0.363 e. The van der Waals surface area contributed by atoms with Crippen molar-refractivity contribution in [2.75, 3.05) is 26.2 Å². The fourth-order valence-electron chi connectivity index (χ4n) is 5.95. The summed E-state index contributed by atoms with van der Waals surface area (Å²) in [6.07, 6.45) is 6.08. The fourth-order valence-corrected chi connectivity index (χ4v) is 5.95. The third kappa shape index (κ3) is 9.31. The zero-order valence-corrected chi connectivity index (χ0v) is 27.3. The van der Waals surface area contributed by atoms with Crippen LogP contribution in [0.4, 0.5) is 9.59 Å². The average molecular weight is 620 g/mol. The lowest BCUT2D eigenvalue weighted by Gasteiger charge is -2.39. The van der Waals surface area contributed by atoms with Gasteiger partial charge in [-0.3, -0.25) is 19.2 Å². The molecule has 1 aliphatic carbocycles. The molecule has 44 heavy (non-hydrogen) atoms.